The first-order chi connectivity index (χ1) is 9.38. The third kappa shape index (κ3) is 3.56. The zero-order valence-electron chi connectivity index (χ0n) is 11.5. The zero-order chi connectivity index (χ0) is 14.8. The van der Waals surface area contributed by atoms with Gasteiger partial charge in [-0.05, 0) is 6.92 Å². The summed E-state index contributed by atoms with van der Waals surface area (Å²) < 4.78 is 27.0. The van der Waals surface area contributed by atoms with Crippen LogP contribution in [0, 0.1) is 6.92 Å². The zero-order valence-corrected chi connectivity index (χ0v) is 13.1. The van der Waals surface area contributed by atoms with Crippen LogP contribution in [-0.2, 0) is 16.6 Å². The molecule has 3 N–H and O–H groups in total. The molecule has 0 spiro atoms. The van der Waals surface area contributed by atoms with Crippen LogP contribution in [0.25, 0.3) is 0 Å². The minimum absolute atomic E-state index is 0.0681. The fourth-order valence-electron chi connectivity index (χ4n) is 1.54. The third-order valence-corrected chi connectivity index (χ3v) is 4.80. The first-order valence-electron chi connectivity index (χ1n) is 6.09. The fraction of sp³-hybridized carbons (Fsp3) is 0.455. The van der Waals surface area contributed by atoms with Crippen LogP contribution in [0.1, 0.15) is 24.3 Å². The summed E-state index contributed by atoms with van der Waals surface area (Å²) in [5.74, 6) is 0. The number of rotatable bonds is 6. The van der Waals surface area contributed by atoms with Crippen LogP contribution >= 0.6 is 11.3 Å². The van der Waals surface area contributed by atoms with Crippen LogP contribution in [0.3, 0.4) is 0 Å². The fourth-order valence-corrected chi connectivity index (χ4v) is 3.58. The molecule has 2 aromatic heterocycles. The van der Waals surface area contributed by atoms with Gasteiger partial charge in [0.1, 0.15) is 0 Å². The Morgan fingerprint density at radius 1 is 1.40 bits per heavy atom. The molecule has 2 rings (SSSR count). The van der Waals surface area contributed by atoms with E-state index in [-0.39, 0.29) is 11.1 Å². The van der Waals surface area contributed by atoms with Gasteiger partial charge in [0.25, 0.3) is 10.0 Å². The molecule has 0 unspecified atom stereocenters. The van der Waals surface area contributed by atoms with Gasteiger partial charge >= 0.3 is 0 Å². The number of nitrogens with one attached hydrogen (secondary N) is 3. The van der Waals surface area contributed by atoms with Gasteiger partial charge in [0.15, 0.2) is 10.2 Å². The van der Waals surface area contributed by atoms with E-state index >= 15 is 0 Å². The Morgan fingerprint density at radius 2 is 2.15 bits per heavy atom. The Hall–Kier alpha value is -1.45. The third-order valence-electron chi connectivity index (χ3n) is 2.49. The highest BCUT2D eigenvalue weighted by molar-refractivity contribution is 7.92. The maximum absolute atomic E-state index is 12.3. The van der Waals surface area contributed by atoms with Gasteiger partial charge in [0.2, 0.25) is 0 Å². The van der Waals surface area contributed by atoms with Crippen LogP contribution in [-0.4, -0.2) is 29.6 Å². The molecule has 9 heteroatoms. The Kier molecular flexibility index (Phi) is 4.41. The first-order valence-corrected chi connectivity index (χ1v) is 8.39. The summed E-state index contributed by atoms with van der Waals surface area (Å²) in [4.78, 5) is 4.93. The smallest absolute Gasteiger partial charge is 0.280 e. The summed E-state index contributed by atoms with van der Waals surface area (Å²) in [6.45, 7) is 6.28. The van der Waals surface area contributed by atoms with Gasteiger partial charge in [-0.3, -0.25) is 9.82 Å². The second-order valence-corrected chi connectivity index (χ2v) is 7.50. The number of hydrogen-bond donors (Lipinski definition) is 3. The molecule has 0 saturated heterocycles. The molecule has 20 heavy (non-hydrogen) atoms. The minimum Gasteiger partial charge on any atom is -0.310 e. The van der Waals surface area contributed by atoms with Crippen molar-refractivity contribution in [2.24, 2.45) is 0 Å². The van der Waals surface area contributed by atoms with Gasteiger partial charge in [-0.15, -0.1) is 11.3 Å². The van der Waals surface area contributed by atoms with Crippen molar-refractivity contribution >= 4 is 26.5 Å². The lowest BCUT2D eigenvalue weighted by Gasteiger charge is -2.09. The number of anilines is 1. The molecule has 0 saturated carbocycles. The maximum atomic E-state index is 12.3. The lowest BCUT2D eigenvalue weighted by Crippen LogP contribution is -2.23. The number of hydrogen-bond acceptors (Lipinski definition) is 6. The van der Waals surface area contributed by atoms with Crippen molar-refractivity contribution in [1.29, 1.82) is 0 Å². The van der Waals surface area contributed by atoms with Gasteiger partial charge in [-0.2, -0.15) is 13.5 Å². The van der Waals surface area contributed by atoms with E-state index in [1.54, 1.807) is 6.20 Å². The Balaban J connectivity index is 2.19. The molecular formula is C11H17N5O2S2. The summed E-state index contributed by atoms with van der Waals surface area (Å²) in [5.41, 5.74) is 0.597. The van der Waals surface area contributed by atoms with Crippen molar-refractivity contribution < 1.29 is 8.42 Å². The molecule has 0 aliphatic rings. The average Bonchev–Trinajstić information content (AvgIpc) is 2.95. The molecule has 110 valence electrons. The summed E-state index contributed by atoms with van der Waals surface area (Å²) in [7, 11) is -3.70. The number of aromatic amines is 1. The van der Waals surface area contributed by atoms with Crippen molar-refractivity contribution in [2.45, 2.75) is 38.4 Å². The predicted molar refractivity (Wildman–Crippen MR) is 78.2 cm³/mol. The second kappa shape index (κ2) is 5.90. The van der Waals surface area contributed by atoms with Crippen LogP contribution in [0.5, 0.6) is 0 Å². The van der Waals surface area contributed by atoms with Crippen LogP contribution in [0.15, 0.2) is 17.4 Å². The number of aryl methyl sites for hydroxylation is 1. The molecule has 0 atom stereocenters. The largest absolute Gasteiger partial charge is 0.310 e. The van der Waals surface area contributed by atoms with Crippen LogP contribution < -0.4 is 10.0 Å². The van der Waals surface area contributed by atoms with E-state index in [9.17, 15) is 8.42 Å². The molecule has 0 amide bonds. The standard InChI is InChI=1S/C11H17N5O2S2/c1-7(2)12-5-9-6-14-15-10(9)20(17,18)16-11-13-4-8(3)19-11/h4,6-7,12H,5H2,1-3H3,(H,13,16)(H,14,15). The second-order valence-electron chi connectivity index (χ2n) is 4.64. The Bertz CT molecular complexity index is 675. The van der Waals surface area contributed by atoms with Crippen molar-refractivity contribution in [3.63, 3.8) is 0 Å². The van der Waals surface area contributed by atoms with E-state index in [0.29, 0.717) is 17.2 Å². The Morgan fingerprint density at radius 3 is 2.75 bits per heavy atom. The van der Waals surface area contributed by atoms with E-state index in [2.05, 4.69) is 25.2 Å². The Labute approximate surface area is 121 Å². The molecule has 0 bridgehead atoms. The first kappa shape index (κ1) is 14.9. The number of thiazole rings is 1. The molecule has 2 aromatic rings. The quantitative estimate of drug-likeness (QED) is 0.749. The number of H-pyrrole nitrogens is 1. The number of aromatic nitrogens is 3. The van der Waals surface area contributed by atoms with Crippen molar-refractivity contribution in [3.05, 3.63) is 22.8 Å². The predicted octanol–water partition coefficient (Wildman–Crippen LogP) is 1.47. The minimum atomic E-state index is -3.70. The monoisotopic (exact) mass is 315 g/mol. The van der Waals surface area contributed by atoms with Crippen molar-refractivity contribution in [1.82, 2.24) is 20.5 Å². The van der Waals surface area contributed by atoms with Gasteiger partial charge in [0.05, 0.1) is 6.20 Å². The summed E-state index contributed by atoms with van der Waals surface area (Å²) in [5, 5.41) is 9.92. The highest BCUT2D eigenvalue weighted by Crippen LogP contribution is 2.21. The molecule has 0 aliphatic carbocycles. The highest BCUT2D eigenvalue weighted by atomic mass is 32.2. The number of nitrogens with zero attached hydrogens (tertiary/aromatic N) is 2. The normalized spacial score (nSPS) is 12.0. The molecule has 0 aliphatic heterocycles. The van der Waals surface area contributed by atoms with Crippen molar-refractivity contribution in [3.8, 4) is 0 Å². The molecular weight excluding hydrogens is 298 g/mol. The van der Waals surface area contributed by atoms with Gasteiger partial charge < -0.3 is 5.32 Å². The van der Waals surface area contributed by atoms with E-state index in [1.807, 2.05) is 20.8 Å². The topological polar surface area (TPSA) is 99.8 Å². The lowest BCUT2D eigenvalue weighted by atomic mass is 10.3. The molecule has 0 radical (unpaired) electrons. The van der Waals surface area contributed by atoms with Gasteiger partial charge in [-0.25, -0.2) is 4.98 Å². The van der Waals surface area contributed by atoms with Crippen LogP contribution in [0.2, 0.25) is 0 Å². The molecule has 0 fully saturated rings. The van der Waals surface area contributed by atoms with Gasteiger partial charge in [0, 0.05) is 29.2 Å². The van der Waals surface area contributed by atoms with E-state index in [1.165, 1.54) is 17.5 Å². The molecule has 0 aromatic carbocycles. The lowest BCUT2D eigenvalue weighted by molar-refractivity contribution is 0.574. The van der Waals surface area contributed by atoms with E-state index in [4.69, 9.17) is 0 Å². The maximum Gasteiger partial charge on any atom is 0.280 e. The van der Waals surface area contributed by atoms with E-state index in [0.717, 1.165) is 4.88 Å². The molecule has 7 nitrogen and oxygen atoms in total. The highest BCUT2D eigenvalue weighted by Gasteiger charge is 2.22. The molecule has 2 heterocycles. The van der Waals surface area contributed by atoms with E-state index < -0.39 is 10.0 Å². The summed E-state index contributed by atoms with van der Waals surface area (Å²) in [6, 6.07) is 0.259. The average molecular weight is 315 g/mol. The summed E-state index contributed by atoms with van der Waals surface area (Å²) >= 11 is 1.28. The SMILES string of the molecule is Cc1cnc(NS(=O)(=O)c2[nH]ncc2CNC(C)C)s1. The van der Waals surface area contributed by atoms with Gasteiger partial charge in [-0.1, -0.05) is 13.8 Å². The van der Waals surface area contributed by atoms with Crippen molar-refractivity contribution in [2.75, 3.05) is 4.72 Å². The number of sulfonamides is 1. The van der Waals surface area contributed by atoms with Crippen LogP contribution in [0.4, 0.5) is 5.13 Å². The summed E-state index contributed by atoms with van der Waals surface area (Å²) in [6.07, 6.45) is 3.13.